The minimum Gasteiger partial charge on any atom is -0.490 e. The number of hydrogen-bond donors (Lipinski definition) is 2. The summed E-state index contributed by atoms with van der Waals surface area (Å²) >= 11 is 0. The van der Waals surface area contributed by atoms with Crippen LogP contribution in [0.15, 0.2) is 109 Å². The van der Waals surface area contributed by atoms with Gasteiger partial charge >= 0.3 is 6.03 Å². The lowest BCUT2D eigenvalue weighted by atomic mass is 10.3. The highest BCUT2D eigenvalue weighted by Gasteiger charge is 2.11. The van der Waals surface area contributed by atoms with E-state index in [-0.39, 0.29) is 0 Å². The first-order valence-electron chi connectivity index (χ1n) is 11.7. The van der Waals surface area contributed by atoms with Gasteiger partial charge in [0, 0.05) is 0 Å². The molecule has 0 spiro atoms. The molecular weight excluding hydrogens is 456 g/mol. The molecule has 0 aliphatic rings. The maximum absolute atomic E-state index is 12.7. The Morgan fingerprint density at radius 1 is 0.472 bits per heavy atom. The summed E-state index contributed by atoms with van der Waals surface area (Å²) in [6, 6.07) is 33.1. The van der Waals surface area contributed by atoms with E-state index in [1.807, 2.05) is 84.9 Å². The number of benzene rings is 4. The second-order valence-corrected chi connectivity index (χ2v) is 7.59. The van der Waals surface area contributed by atoms with Crippen LogP contribution in [0.4, 0.5) is 16.2 Å². The van der Waals surface area contributed by atoms with E-state index < -0.39 is 6.03 Å². The second kappa shape index (κ2) is 13.3. The van der Waals surface area contributed by atoms with Gasteiger partial charge in [0.2, 0.25) is 0 Å². The number of ether oxygens (including phenoxy) is 4. The summed E-state index contributed by atoms with van der Waals surface area (Å²) < 4.78 is 23.0. The fraction of sp³-hybridized carbons (Fsp3) is 0.138. The monoisotopic (exact) mass is 484 g/mol. The van der Waals surface area contributed by atoms with Crippen molar-refractivity contribution in [3.8, 4) is 23.0 Å². The molecule has 2 N–H and O–H groups in total. The number of para-hydroxylation sites is 6. The topological polar surface area (TPSA) is 78.1 Å². The van der Waals surface area contributed by atoms with Gasteiger partial charge < -0.3 is 29.6 Å². The van der Waals surface area contributed by atoms with E-state index in [4.69, 9.17) is 18.9 Å². The molecule has 0 aliphatic heterocycles. The molecular formula is C29H28N2O5. The molecule has 0 saturated heterocycles. The summed E-state index contributed by atoms with van der Waals surface area (Å²) in [4.78, 5) is 12.7. The lowest BCUT2D eigenvalue weighted by molar-refractivity contribution is 0.217. The number of carbonyl (C=O) groups is 1. The van der Waals surface area contributed by atoms with Crippen LogP contribution in [0.3, 0.4) is 0 Å². The first-order chi connectivity index (χ1) is 17.8. The molecule has 4 aromatic carbocycles. The average Bonchev–Trinajstić information content (AvgIpc) is 2.92. The SMILES string of the molecule is O=C(Nc1ccccc1OCCOc1ccccc1)Nc1ccccc1OCCOc1ccccc1. The predicted molar refractivity (Wildman–Crippen MR) is 140 cm³/mol. The fourth-order valence-corrected chi connectivity index (χ4v) is 3.32. The molecule has 0 bridgehead atoms. The van der Waals surface area contributed by atoms with Gasteiger partial charge in [-0.3, -0.25) is 0 Å². The van der Waals surface area contributed by atoms with Crippen LogP contribution in [-0.4, -0.2) is 32.5 Å². The lowest BCUT2D eigenvalue weighted by Crippen LogP contribution is -2.21. The molecule has 2 amide bonds. The Balaban J connectivity index is 1.26. The van der Waals surface area contributed by atoms with Gasteiger partial charge in [-0.1, -0.05) is 60.7 Å². The summed E-state index contributed by atoms with van der Waals surface area (Å²) in [5, 5.41) is 5.67. The molecule has 0 saturated carbocycles. The first-order valence-corrected chi connectivity index (χ1v) is 11.7. The zero-order valence-electron chi connectivity index (χ0n) is 19.8. The van der Waals surface area contributed by atoms with E-state index in [2.05, 4.69) is 10.6 Å². The molecule has 184 valence electrons. The number of carbonyl (C=O) groups excluding carboxylic acids is 1. The molecule has 7 heteroatoms. The van der Waals surface area contributed by atoms with Gasteiger partial charge in [0.15, 0.2) is 0 Å². The van der Waals surface area contributed by atoms with Gasteiger partial charge in [0.25, 0.3) is 0 Å². The van der Waals surface area contributed by atoms with Crippen LogP contribution >= 0.6 is 0 Å². The summed E-state index contributed by atoms with van der Waals surface area (Å²) in [6.07, 6.45) is 0. The molecule has 0 aromatic heterocycles. The third kappa shape index (κ3) is 7.70. The van der Waals surface area contributed by atoms with E-state index >= 15 is 0 Å². The highest BCUT2D eigenvalue weighted by atomic mass is 16.5. The molecule has 0 unspecified atom stereocenters. The summed E-state index contributed by atoms with van der Waals surface area (Å²) in [7, 11) is 0. The minimum absolute atomic E-state index is 0.330. The Labute approximate surface area is 210 Å². The van der Waals surface area contributed by atoms with E-state index in [9.17, 15) is 4.79 Å². The average molecular weight is 485 g/mol. The zero-order valence-corrected chi connectivity index (χ0v) is 19.8. The maximum atomic E-state index is 12.7. The quantitative estimate of drug-likeness (QED) is 0.233. The molecule has 0 heterocycles. The van der Waals surface area contributed by atoms with Gasteiger partial charge in [-0.05, 0) is 48.5 Å². The smallest absolute Gasteiger partial charge is 0.323 e. The molecule has 0 atom stereocenters. The zero-order chi connectivity index (χ0) is 24.8. The van der Waals surface area contributed by atoms with Crippen LogP contribution < -0.4 is 29.6 Å². The van der Waals surface area contributed by atoms with E-state index in [0.29, 0.717) is 49.3 Å². The molecule has 4 aromatic rings. The fourth-order valence-electron chi connectivity index (χ4n) is 3.32. The Morgan fingerprint density at radius 2 is 0.833 bits per heavy atom. The maximum Gasteiger partial charge on any atom is 0.323 e. The summed E-state index contributed by atoms with van der Waals surface area (Å²) in [6.45, 7) is 1.42. The van der Waals surface area contributed by atoms with Crippen LogP contribution in [0, 0.1) is 0 Å². The number of hydrogen-bond acceptors (Lipinski definition) is 5. The number of urea groups is 1. The van der Waals surface area contributed by atoms with Gasteiger partial charge in [-0.25, -0.2) is 4.79 Å². The van der Waals surface area contributed by atoms with Crippen LogP contribution in [0.2, 0.25) is 0 Å². The first kappa shape index (κ1) is 24.5. The molecule has 0 fully saturated rings. The normalized spacial score (nSPS) is 10.2. The number of rotatable bonds is 12. The van der Waals surface area contributed by atoms with Gasteiger partial charge in [0.1, 0.15) is 49.4 Å². The number of amides is 2. The molecule has 4 rings (SSSR count). The number of anilines is 2. The lowest BCUT2D eigenvalue weighted by Gasteiger charge is -2.15. The third-order valence-electron chi connectivity index (χ3n) is 4.98. The number of nitrogens with one attached hydrogen (secondary N) is 2. The van der Waals surface area contributed by atoms with Crippen LogP contribution in [-0.2, 0) is 0 Å². The van der Waals surface area contributed by atoms with Crippen molar-refractivity contribution in [2.45, 2.75) is 0 Å². The summed E-state index contributed by atoms with van der Waals surface area (Å²) in [5.41, 5.74) is 1.09. The molecule has 36 heavy (non-hydrogen) atoms. The van der Waals surface area contributed by atoms with Gasteiger partial charge in [-0.2, -0.15) is 0 Å². The van der Waals surface area contributed by atoms with Crippen molar-refractivity contribution in [2.75, 3.05) is 37.1 Å². The van der Waals surface area contributed by atoms with E-state index in [1.165, 1.54) is 0 Å². The van der Waals surface area contributed by atoms with Crippen molar-refractivity contribution >= 4 is 17.4 Å². The van der Waals surface area contributed by atoms with Gasteiger partial charge in [-0.15, -0.1) is 0 Å². The Morgan fingerprint density at radius 3 is 1.28 bits per heavy atom. The standard InChI is InChI=1S/C29H28N2O5/c32-29(30-25-15-7-9-17-27(25)35-21-19-33-23-11-3-1-4-12-23)31-26-16-8-10-18-28(26)36-22-20-34-24-13-5-2-6-14-24/h1-18H,19-22H2,(H2,30,31,32). The molecule has 0 aliphatic carbocycles. The van der Waals surface area contributed by atoms with Crippen molar-refractivity contribution in [2.24, 2.45) is 0 Å². The van der Waals surface area contributed by atoms with Crippen molar-refractivity contribution in [3.63, 3.8) is 0 Å². The summed E-state index contributed by atoms with van der Waals surface area (Å²) in [5.74, 6) is 2.65. The van der Waals surface area contributed by atoms with Crippen molar-refractivity contribution < 1.29 is 23.7 Å². The molecule has 7 nitrogen and oxygen atoms in total. The van der Waals surface area contributed by atoms with Crippen LogP contribution in [0.5, 0.6) is 23.0 Å². The Kier molecular flexibility index (Phi) is 9.04. The van der Waals surface area contributed by atoms with Crippen LogP contribution in [0.1, 0.15) is 0 Å². The molecule has 0 radical (unpaired) electrons. The predicted octanol–water partition coefficient (Wildman–Crippen LogP) is 6.25. The van der Waals surface area contributed by atoms with Crippen LogP contribution in [0.25, 0.3) is 0 Å². The van der Waals surface area contributed by atoms with Crippen molar-refractivity contribution in [3.05, 3.63) is 109 Å². The Hall–Kier alpha value is -4.65. The third-order valence-corrected chi connectivity index (χ3v) is 4.98. The second-order valence-electron chi connectivity index (χ2n) is 7.59. The highest BCUT2D eigenvalue weighted by molar-refractivity contribution is 6.01. The van der Waals surface area contributed by atoms with Crippen molar-refractivity contribution in [1.82, 2.24) is 0 Å². The van der Waals surface area contributed by atoms with Crippen molar-refractivity contribution in [1.29, 1.82) is 0 Å². The van der Waals surface area contributed by atoms with Gasteiger partial charge in [0.05, 0.1) is 11.4 Å². The largest absolute Gasteiger partial charge is 0.490 e. The van der Waals surface area contributed by atoms with E-state index in [0.717, 1.165) is 11.5 Å². The Bertz CT molecular complexity index is 1120. The van der Waals surface area contributed by atoms with E-state index in [1.54, 1.807) is 24.3 Å². The minimum atomic E-state index is -0.414. The highest BCUT2D eigenvalue weighted by Crippen LogP contribution is 2.26.